The van der Waals surface area contributed by atoms with E-state index in [0.717, 1.165) is 7.05 Å². The Morgan fingerprint density at radius 1 is 1.42 bits per heavy atom. The van der Waals surface area contributed by atoms with Crippen LogP contribution in [0.4, 0.5) is 4.79 Å². The molecule has 1 aliphatic rings. The van der Waals surface area contributed by atoms with Crippen LogP contribution >= 0.6 is 0 Å². The molecule has 0 fully saturated rings. The number of amides is 1. The van der Waals surface area contributed by atoms with Crippen molar-refractivity contribution in [2.45, 2.75) is 19.4 Å². The number of hydrogen-bond acceptors (Lipinski definition) is 6. The van der Waals surface area contributed by atoms with E-state index in [1.807, 2.05) is 0 Å². The Hall–Kier alpha value is -2.44. The van der Waals surface area contributed by atoms with Gasteiger partial charge in [-0.15, -0.1) is 4.91 Å². The zero-order valence-corrected chi connectivity index (χ0v) is 10.7. The lowest BCUT2D eigenvalue weighted by molar-refractivity contribution is 0.0678. The first-order valence-corrected chi connectivity index (χ1v) is 5.52. The highest BCUT2D eigenvalue weighted by Gasteiger charge is 2.41. The molecule has 1 aromatic rings. The van der Waals surface area contributed by atoms with E-state index in [-0.39, 0.29) is 17.3 Å². The summed E-state index contributed by atoms with van der Waals surface area (Å²) in [6.07, 6.45) is -0.954. The molecule has 0 saturated heterocycles. The van der Waals surface area contributed by atoms with Gasteiger partial charge in [0.15, 0.2) is 17.1 Å². The smallest absolute Gasteiger partial charge is 0.438 e. The molecule has 1 aromatic carbocycles. The maximum absolute atomic E-state index is 12.0. The van der Waals surface area contributed by atoms with Gasteiger partial charge in [0.1, 0.15) is 0 Å². The van der Waals surface area contributed by atoms with Crippen LogP contribution in [-0.2, 0) is 0 Å². The van der Waals surface area contributed by atoms with Gasteiger partial charge < -0.3 is 9.47 Å². The molecule has 7 heteroatoms. The molecule has 0 saturated carbocycles. The molecule has 1 amide bonds. The fourth-order valence-electron chi connectivity index (χ4n) is 1.70. The normalized spacial score (nSPS) is 15.4. The monoisotopic (exact) mass is 264 g/mol. The van der Waals surface area contributed by atoms with Crippen LogP contribution in [0, 0.1) is 4.91 Å². The number of carbonyl (C=O) groups is 2. The zero-order chi connectivity index (χ0) is 14.2. The molecule has 19 heavy (non-hydrogen) atoms. The molecule has 1 aliphatic heterocycles. The van der Waals surface area contributed by atoms with Crippen LogP contribution in [0.15, 0.2) is 23.5 Å². The molecule has 0 aliphatic carbocycles. The molecule has 0 atom stereocenters. The number of nitroso groups, excluding NO2 is 1. The van der Waals surface area contributed by atoms with E-state index in [9.17, 15) is 14.5 Å². The third kappa shape index (κ3) is 2.14. The molecular formula is C12H12N2O5. The third-order valence-electron chi connectivity index (χ3n) is 2.71. The van der Waals surface area contributed by atoms with Crippen molar-refractivity contribution in [1.29, 1.82) is 0 Å². The lowest BCUT2D eigenvalue weighted by Gasteiger charge is -2.16. The molecule has 0 radical (unpaired) electrons. The molecule has 2 rings (SSSR count). The summed E-state index contributed by atoms with van der Waals surface area (Å²) in [4.78, 5) is 33.7. The minimum atomic E-state index is -1.00. The van der Waals surface area contributed by atoms with E-state index in [0.29, 0.717) is 10.6 Å². The van der Waals surface area contributed by atoms with Crippen LogP contribution in [0.1, 0.15) is 24.2 Å². The van der Waals surface area contributed by atoms with Crippen molar-refractivity contribution in [3.05, 3.63) is 28.7 Å². The van der Waals surface area contributed by atoms with Gasteiger partial charge in [-0.05, 0) is 26.0 Å². The number of nitrogens with zero attached hydrogens (tertiary/aromatic N) is 2. The minimum Gasteiger partial charge on any atom is -0.475 e. The highest BCUT2D eigenvalue weighted by atomic mass is 16.6. The van der Waals surface area contributed by atoms with Gasteiger partial charge in [0, 0.05) is 7.05 Å². The number of ketones is 1. The topological polar surface area (TPSA) is 85.3 Å². The van der Waals surface area contributed by atoms with Gasteiger partial charge in [0.05, 0.1) is 10.8 Å². The molecule has 0 unspecified atom stereocenters. The van der Waals surface area contributed by atoms with Crippen LogP contribution in [0.25, 0.3) is 0 Å². The van der Waals surface area contributed by atoms with Gasteiger partial charge in [-0.1, -0.05) is 6.07 Å². The van der Waals surface area contributed by atoms with E-state index >= 15 is 0 Å². The first-order chi connectivity index (χ1) is 8.86. The second-order valence-corrected chi connectivity index (χ2v) is 4.55. The fraction of sp³-hybridized carbons (Fsp3) is 0.333. The largest absolute Gasteiger partial charge is 0.475 e. The van der Waals surface area contributed by atoms with Gasteiger partial charge in [-0.3, -0.25) is 4.79 Å². The quantitative estimate of drug-likeness (QED) is 0.603. The van der Waals surface area contributed by atoms with Gasteiger partial charge >= 0.3 is 6.09 Å². The average molecular weight is 264 g/mol. The van der Waals surface area contributed by atoms with Crippen molar-refractivity contribution >= 4 is 11.9 Å². The Morgan fingerprint density at radius 3 is 2.74 bits per heavy atom. The van der Waals surface area contributed by atoms with E-state index in [2.05, 4.69) is 5.29 Å². The standard InChI is InChI=1S/C12H12N2O5/c1-12(2)10(15)7-5-4-6-8(9(7)19-12)18-11(16)14(3)13-17/h4-6H,1-3H3. The van der Waals surface area contributed by atoms with Gasteiger partial charge in [-0.2, -0.15) is 5.01 Å². The van der Waals surface area contributed by atoms with Crippen molar-refractivity contribution in [2.75, 3.05) is 7.05 Å². The van der Waals surface area contributed by atoms with Crippen LogP contribution in [0.3, 0.4) is 0 Å². The maximum atomic E-state index is 12.0. The fourth-order valence-corrected chi connectivity index (χ4v) is 1.70. The zero-order valence-electron chi connectivity index (χ0n) is 10.7. The Labute approximate surface area is 109 Å². The summed E-state index contributed by atoms with van der Waals surface area (Å²) in [6.45, 7) is 3.25. The molecule has 0 N–H and O–H groups in total. The Kier molecular flexibility index (Phi) is 2.97. The summed E-state index contributed by atoms with van der Waals surface area (Å²) in [5.74, 6) is 0.0874. The lowest BCUT2D eigenvalue weighted by atomic mass is 10.00. The van der Waals surface area contributed by atoms with E-state index in [4.69, 9.17) is 9.47 Å². The summed E-state index contributed by atoms with van der Waals surface area (Å²) in [5, 5.41) is 2.92. The first-order valence-electron chi connectivity index (χ1n) is 5.52. The van der Waals surface area contributed by atoms with E-state index in [1.165, 1.54) is 6.07 Å². The van der Waals surface area contributed by atoms with E-state index in [1.54, 1.807) is 26.0 Å². The Bertz CT molecular complexity index is 567. The third-order valence-corrected chi connectivity index (χ3v) is 2.71. The number of para-hydroxylation sites is 1. The summed E-state index contributed by atoms with van der Waals surface area (Å²) in [5.41, 5.74) is -0.656. The predicted molar refractivity (Wildman–Crippen MR) is 65.1 cm³/mol. The number of Topliss-reactive ketones (excluding diaryl/α,β-unsaturated/α-hetero) is 1. The predicted octanol–water partition coefficient (Wildman–Crippen LogP) is 2.15. The van der Waals surface area contributed by atoms with Crippen LogP contribution in [0.2, 0.25) is 0 Å². The highest BCUT2D eigenvalue weighted by molar-refractivity contribution is 6.07. The van der Waals surface area contributed by atoms with Gasteiger partial charge in [0.2, 0.25) is 5.78 Å². The minimum absolute atomic E-state index is 0.0805. The number of fused-ring (bicyclic) bond motifs is 1. The van der Waals surface area contributed by atoms with E-state index < -0.39 is 11.7 Å². The van der Waals surface area contributed by atoms with Gasteiger partial charge in [-0.25, -0.2) is 4.79 Å². The average Bonchev–Trinajstić information content (AvgIpc) is 2.61. The molecule has 0 spiro atoms. The molecule has 0 bridgehead atoms. The van der Waals surface area contributed by atoms with Crippen LogP contribution < -0.4 is 9.47 Å². The molecule has 100 valence electrons. The number of hydrogen-bond donors (Lipinski definition) is 0. The number of ether oxygens (including phenoxy) is 2. The van der Waals surface area contributed by atoms with Crippen molar-refractivity contribution < 1.29 is 19.1 Å². The van der Waals surface area contributed by atoms with Crippen molar-refractivity contribution in [3.8, 4) is 11.5 Å². The highest BCUT2D eigenvalue weighted by Crippen LogP contribution is 2.41. The first kappa shape index (κ1) is 13.0. The van der Waals surface area contributed by atoms with Crippen LogP contribution in [-0.4, -0.2) is 29.5 Å². The van der Waals surface area contributed by atoms with Crippen molar-refractivity contribution in [1.82, 2.24) is 5.01 Å². The lowest BCUT2D eigenvalue weighted by Crippen LogP contribution is -2.32. The summed E-state index contributed by atoms with van der Waals surface area (Å²) in [7, 11) is 1.16. The number of rotatable bonds is 2. The Balaban J connectivity index is 2.34. The van der Waals surface area contributed by atoms with Crippen molar-refractivity contribution in [2.24, 2.45) is 5.29 Å². The maximum Gasteiger partial charge on any atom is 0.438 e. The molecular weight excluding hydrogens is 252 g/mol. The van der Waals surface area contributed by atoms with Crippen molar-refractivity contribution in [3.63, 3.8) is 0 Å². The number of benzene rings is 1. The molecule has 1 heterocycles. The molecule has 7 nitrogen and oxygen atoms in total. The Morgan fingerprint density at radius 2 is 2.11 bits per heavy atom. The second-order valence-electron chi connectivity index (χ2n) is 4.55. The summed E-state index contributed by atoms with van der Waals surface area (Å²) in [6, 6.07) is 4.63. The summed E-state index contributed by atoms with van der Waals surface area (Å²) < 4.78 is 10.5. The molecule has 0 aromatic heterocycles. The second kappa shape index (κ2) is 4.34. The van der Waals surface area contributed by atoms with Crippen LogP contribution in [0.5, 0.6) is 11.5 Å². The van der Waals surface area contributed by atoms with Gasteiger partial charge in [0.25, 0.3) is 0 Å². The summed E-state index contributed by atoms with van der Waals surface area (Å²) >= 11 is 0. The number of carbonyl (C=O) groups excluding carboxylic acids is 2. The SMILES string of the molecule is CN(N=O)C(=O)Oc1cccc2c1OC(C)(C)C2=O.